The van der Waals surface area contributed by atoms with Crippen LogP contribution in [0.2, 0.25) is 0 Å². The monoisotopic (exact) mass is 499 g/mol. The van der Waals surface area contributed by atoms with Gasteiger partial charge in [-0.3, -0.25) is 4.99 Å². The second-order valence-corrected chi connectivity index (χ2v) is 7.92. The molecule has 0 bridgehead atoms. The standard InChI is InChI=1S/C22H37N5.HI/c1-3-23-22(24-15-18-26(2)20-9-7-8-10-20)25-19-13-16-27(17-14-19)21-11-5-4-6-12-21;/h4-6,11-12,19-20H,3,7-10,13-18H2,1-2H3,(H2,23,24,25);1H. The Morgan fingerprint density at radius 3 is 2.43 bits per heavy atom. The van der Waals surface area contributed by atoms with Gasteiger partial charge >= 0.3 is 0 Å². The first-order valence-corrected chi connectivity index (χ1v) is 10.8. The van der Waals surface area contributed by atoms with Crippen molar-refractivity contribution in [3.63, 3.8) is 0 Å². The van der Waals surface area contributed by atoms with Crippen LogP contribution in [0.15, 0.2) is 35.3 Å². The highest BCUT2D eigenvalue weighted by Crippen LogP contribution is 2.22. The van der Waals surface area contributed by atoms with Gasteiger partial charge in [0, 0.05) is 44.0 Å². The van der Waals surface area contributed by atoms with Crippen LogP contribution in [0.3, 0.4) is 0 Å². The maximum atomic E-state index is 4.84. The maximum Gasteiger partial charge on any atom is 0.191 e. The van der Waals surface area contributed by atoms with E-state index in [1.165, 1.54) is 31.4 Å². The lowest BCUT2D eigenvalue weighted by atomic mass is 10.0. The van der Waals surface area contributed by atoms with E-state index in [1.807, 2.05) is 0 Å². The molecule has 2 aliphatic rings. The average molecular weight is 499 g/mol. The number of piperidine rings is 1. The molecule has 1 saturated carbocycles. The number of rotatable bonds is 7. The molecule has 1 heterocycles. The van der Waals surface area contributed by atoms with Gasteiger partial charge in [0.2, 0.25) is 0 Å². The Morgan fingerprint density at radius 2 is 1.79 bits per heavy atom. The van der Waals surface area contributed by atoms with Crippen molar-refractivity contribution in [2.24, 2.45) is 4.99 Å². The van der Waals surface area contributed by atoms with Gasteiger partial charge in [0.25, 0.3) is 0 Å². The quantitative estimate of drug-likeness (QED) is 0.341. The van der Waals surface area contributed by atoms with Gasteiger partial charge in [-0.2, -0.15) is 0 Å². The fraction of sp³-hybridized carbons (Fsp3) is 0.682. The smallest absolute Gasteiger partial charge is 0.191 e. The van der Waals surface area contributed by atoms with Crippen LogP contribution in [0.25, 0.3) is 0 Å². The lowest BCUT2D eigenvalue weighted by Gasteiger charge is -2.34. The molecule has 1 aliphatic heterocycles. The Labute approximate surface area is 188 Å². The van der Waals surface area contributed by atoms with Crippen molar-refractivity contribution < 1.29 is 0 Å². The summed E-state index contributed by atoms with van der Waals surface area (Å²) in [7, 11) is 2.26. The van der Waals surface area contributed by atoms with Crippen LogP contribution in [0.4, 0.5) is 5.69 Å². The maximum absolute atomic E-state index is 4.84. The summed E-state index contributed by atoms with van der Waals surface area (Å²) in [4.78, 5) is 9.82. The van der Waals surface area contributed by atoms with Crippen molar-refractivity contribution in [3.05, 3.63) is 30.3 Å². The number of anilines is 1. The third-order valence-electron chi connectivity index (χ3n) is 5.97. The molecule has 1 saturated heterocycles. The average Bonchev–Trinajstić information content (AvgIpc) is 3.24. The van der Waals surface area contributed by atoms with Gasteiger partial charge in [0.15, 0.2) is 5.96 Å². The number of nitrogens with zero attached hydrogens (tertiary/aromatic N) is 3. The Hall–Kier alpha value is -1.02. The SMILES string of the molecule is CCNC(=NCCN(C)C1CCCC1)NC1CCN(c2ccccc2)CC1.I. The van der Waals surface area contributed by atoms with Crippen LogP contribution in [0.1, 0.15) is 45.4 Å². The third kappa shape index (κ3) is 7.10. The molecule has 0 aromatic heterocycles. The Balaban J connectivity index is 0.00000280. The fourth-order valence-electron chi connectivity index (χ4n) is 4.28. The Bertz CT molecular complexity index is 566. The van der Waals surface area contributed by atoms with E-state index in [-0.39, 0.29) is 24.0 Å². The molecule has 28 heavy (non-hydrogen) atoms. The minimum absolute atomic E-state index is 0. The highest BCUT2D eigenvalue weighted by molar-refractivity contribution is 14.0. The fourth-order valence-corrected chi connectivity index (χ4v) is 4.28. The summed E-state index contributed by atoms with van der Waals surface area (Å²) in [5.41, 5.74) is 1.34. The second-order valence-electron chi connectivity index (χ2n) is 7.92. The Kier molecular flexibility index (Phi) is 10.4. The molecule has 1 aromatic rings. The summed E-state index contributed by atoms with van der Waals surface area (Å²) >= 11 is 0. The lowest BCUT2D eigenvalue weighted by molar-refractivity contribution is 0.252. The van der Waals surface area contributed by atoms with Gasteiger partial charge in [-0.05, 0) is 51.8 Å². The molecule has 0 amide bonds. The van der Waals surface area contributed by atoms with E-state index in [4.69, 9.17) is 4.99 Å². The van der Waals surface area contributed by atoms with Crippen molar-refractivity contribution in [2.45, 2.75) is 57.5 Å². The molecule has 6 heteroatoms. The first kappa shape index (κ1) is 23.3. The third-order valence-corrected chi connectivity index (χ3v) is 5.97. The predicted molar refractivity (Wildman–Crippen MR) is 131 cm³/mol. The highest BCUT2D eigenvalue weighted by Gasteiger charge is 2.21. The van der Waals surface area contributed by atoms with E-state index in [0.717, 1.165) is 57.6 Å². The normalized spacial score (nSPS) is 19.0. The van der Waals surface area contributed by atoms with Crippen LogP contribution < -0.4 is 15.5 Å². The molecule has 3 rings (SSSR count). The van der Waals surface area contributed by atoms with Crippen molar-refractivity contribution in [1.82, 2.24) is 15.5 Å². The van der Waals surface area contributed by atoms with Gasteiger partial charge in [0.1, 0.15) is 0 Å². The molecular formula is C22H38IN5. The minimum Gasteiger partial charge on any atom is -0.371 e. The van der Waals surface area contributed by atoms with Gasteiger partial charge in [-0.25, -0.2) is 0 Å². The van der Waals surface area contributed by atoms with Crippen LogP contribution in [-0.2, 0) is 0 Å². The van der Waals surface area contributed by atoms with Crippen molar-refractivity contribution in [1.29, 1.82) is 0 Å². The van der Waals surface area contributed by atoms with Crippen molar-refractivity contribution >= 4 is 35.6 Å². The summed E-state index contributed by atoms with van der Waals surface area (Å²) in [5.74, 6) is 0.982. The molecule has 0 radical (unpaired) electrons. The topological polar surface area (TPSA) is 42.9 Å². The van der Waals surface area contributed by atoms with Crippen LogP contribution >= 0.6 is 24.0 Å². The molecule has 1 aromatic carbocycles. The highest BCUT2D eigenvalue weighted by atomic mass is 127. The predicted octanol–water partition coefficient (Wildman–Crippen LogP) is 3.70. The number of nitrogens with one attached hydrogen (secondary N) is 2. The van der Waals surface area contributed by atoms with Crippen molar-refractivity contribution in [3.8, 4) is 0 Å². The molecule has 0 spiro atoms. The molecule has 2 N–H and O–H groups in total. The molecule has 1 aliphatic carbocycles. The van der Waals surface area contributed by atoms with Crippen LogP contribution in [0, 0.1) is 0 Å². The lowest BCUT2D eigenvalue weighted by Crippen LogP contribution is -2.49. The molecule has 5 nitrogen and oxygen atoms in total. The summed E-state index contributed by atoms with van der Waals surface area (Å²) in [6.45, 7) is 7.17. The van der Waals surface area contributed by atoms with Crippen molar-refractivity contribution in [2.75, 3.05) is 44.7 Å². The van der Waals surface area contributed by atoms with E-state index in [1.54, 1.807) is 0 Å². The number of para-hydroxylation sites is 1. The van der Waals surface area contributed by atoms with E-state index < -0.39 is 0 Å². The molecule has 158 valence electrons. The second kappa shape index (κ2) is 12.5. The van der Waals surface area contributed by atoms with E-state index in [9.17, 15) is 0 Å². The zero-order chi connectivity index (χ0) is 18.9. The number of aliphatic imine (C=N–C) groups is 1. The summed E-state index contributed by atoms with van der Waals surface area (Å²) in [5, 5.41) is 7.09. The number of hydrogen-bond acceptors (Lipinski definition) is 3. The summed E-state index contributed by atoms with van der Waals surface area (Å²) < 4.78 is 0. The number of hydrogen-bond donors (Lipinski definition) is 2. The largest absolute Gasteiger partial charge is 0.371 e. The summed E-state index contributed by atoms with van der Waals surface area (Å²) in [6, 6.07) is 12.0. The van der Waals surface area contributed by atoms with Gasteiger partial charge < -0.3 is 20.4 Å². The Morgan fingerprint density at radius 1 is 1.11 bits per heavy atom. The first-order valence-electron chi connectivity index (χ1n) is 10.8. The van der Waals surface area contributed by atoms with Gasteiger partial charge in [0.05, 0.1) is 6.54 Å². The zero-order valence-electron chi connectivity index (χ0n) is 17.6. The van der Waals surface area contributed by atoms with Gasteiger partial charge in [-0.1, -0.05) is 31.0 Å². The molecular weight excluding hydrogens is 461 g/mol. The van der Waals surface area contributed by atoms with E-state index >= 15 is 0 Å². The van der Waals surface area contributed by atoms with Crippen LogP contribution in [0.5, 0.6) is 0 Å². The number of benzene rings is 1. The number of guanidine groups is 1. The number of halogens is 1. The minimum atomic E-state index is 0. The summed E-state index contributed by atoms with van der Waals surface area (Å²) in [6.07, 6.45) is 7.81. The number of likely N-dealkylation sites (N-methyl/N-ethyl adjacent to an activating group) is 1. The molecule has 2 fully saturated rings. The zero-order valence-corrected chi connectivity index (χ0v) is 19.9. The van der Waals surface area contributed by atoms with Gasteiger partial charge in [-0.15, -0.1) is 24.0 Å². The molecule has 0 atom stereocenters. The molecule has 0 unspecified atom stereocenters. The van der Waals surface area contributed by atoms with E-state index in [0.29, 0.717) is 6.04 Å². The van der Waals surface area contributed by atoms with E-state index in [2.05, 4.69) is 64.7 Å². The first-order chi connectivity index (χ1) is 13.3. The van der Waals surface area contributed by atoms with Crippen LogP contribution in [-0.4, -0.2) is 62.7 Å².